The molecule has 0 unspecified atom stereocenters. The van der Waals surface area contributed by atoms with Crippen LogP contribution in [0.25, 0.3) is 5.52 Å². The second kappa shape index (κ2) is 3.90. The Morgan fingerprint density at radius 3 is 2.87 bits per heavy atom. The molecule has 2 heterocycles. The maximum Gasteiger partial charge on any atom is 0.209 e. The van der Waals surface area contributed by atoms with Crippen LogP contribution in [0.15, 0.2) is 24.4 Å². The van der Waals surface area contributed by atoms with Crippen LogP contribution in [0, 0.1) is 0 Å². The largest absolute Gasteiger partial charge is 0.348 e. The highest BCUT2D eigenvalue weighted by Gasteiger charge is 2.10. The predicted molar refractivity (Wildman–Crippen MR) is 62.3 cm³/mol. The Morgan fingerprint density at radius 1 is 1.40 bits per heavy atom. The molecule has 0 aliphatic heterocycles. The molecule has 0 spiro atoms. The van der Waals surface area contributed by atoms with Gasteiger partial charge in [-0.25, -0.2) is 4.98 Å². The molecule has 2 aromatic rings. The predicted octanol–water partition coefficient (Wildman–Crippen LogP) is 1.12. The van der Waals surface area contributed by atoms with Crippen molar-refractivity contribution in [3.8, 4) is 0 Å². The van der Waals surface area contributed by atoms with E-state index in [1.54, 1.807) is 0 Å². The fourth-order valence-corrected chi connectivity index (χ4v) is 1.70. The number of nitrogens with one attached hydrogen (secondary N) is 1. The lowest BCUT2D eigenvalue weighted by Crippen LogP contribution is -2.12. The van der Waals surface area contributed by atoms with E-state index in [0.29, 0.717) is 0 Å². The van der Waals surface area contributed by atoms with Crippen molar-refractivity contribution >= 4 is 11.5 Å². The van der Waals surface area contributed by atoms with Gasteiger partial charge in [0, 0.05) is 26.8 Å². The zero-order valence-corrected chi connectivity index (χ0v) is 9.36. The van der Waals surface area contributed by atoms with Crippen LogP contribution in [0.5, 0.6) is 0 Å². The van der Waals surface area contributed by atoms with Crippen LogP contribution in [0.1, 0.15) is 5.69 Å². The summed E-state index contributed by atoms with van der Waals surface area (Å²) in [5, 5.41) is 3.13. The first kappa shape index (κ1) is 9.98. The molecule has 0 amide bonds. The normalized spacial score (nSPS) is 10.9. The van der Waals surface area contributed by atoms with Crippen LogP contribution in [-0.2, 0) is 6.54 Å². The molecular weight excluding hydrogens is 188 g/mol. The summed E-state index contributed by atoms with van der Waals surface area (Å²) in [6.45, 7) is 0.793. The lowest BCUT2D eigenvalue weighted by Gasteiger charge is -2.09. The van der Waals surface area contributed by atoms with Crippen LogP contribution in [0.2, 0.25) is 0 Å². The summed E-state index contributed by atoms with van der Waals surface area (Å²) in [4.78, 5) is 6.62. The van der Waals surface area contributed by atoms with Gasteiger partial charge < -0.3 is 10.2 Å². The fourth-order valence-electron chi connectivity index (χ4n) is 1.70. The van der Waals surface area contributed by atoms with Gasteiger partial charge in [-0.05, 0) is 19.2 Å². The first-order chi connectivity index (χ1) is 7.24. The number of pyridine rings is 1. The van der Waals surface area contributed by atoms with Crippen molar-refractivity contribution in [2.24, 2.45) is 0 Å². The highest BCUT2D eigenvalue weighted by atomic mass is 15.3. The van der Waals surface area contributed by atoms with Crippen molar-refractivity contribution in [1.82, 2.24) is 14.7 Å². The summed E-state index contributed by atoms with van der Waals surface area (Å²) < 4.78 is 2.10. The molecule has 0 fully saturated rings. The third-order valence-electron chi connectivity index (χ3n) is 2.35. The summed E-state index contributed by atoms with van der Waals surface area (Å²) in [6.07, 6.45) is 2.04. The second-order valence-corrected chi connectivity index (χ2v) is 3.74. The number of imidazole rings is 1. The molecular formula is C11H16N4. The van der Waals surface area contributed by atoms with Crippen molar-refractivity contribution in [3.05, 3.63) is 30.1 Å². The smallest absolute Gasteiger partial charge is 0.209 e. The standard InChI is InChI=1S/C11H16N4/c1-12-8-9-10-6-4-5-7-15(10)11(13-9)14(2)3/h4-7,12H,8H2,1-3H3. The molecule has 0 atom stereocenters. The Hall–Kier alpha value is -1.55. The number of aromatic nitrogens is 2. The van der Waals surface area contributed by atoms with Gasteiger partial charge in [0.1, 0.15) is 0 Å². The van der Waals surface area contributed by atoms with E-state index in [1.807, 2.05) is 44.4 Å². The van der Waals surface area contributed by atoms with Gasteiger partial charge in [0.25, 0.3) is 0 Å². The summed E-state index contributed by atoms with van der Waals surface area (Å²) in [7, 11) is 5.94. The number of rotatable bonds is 3. The molecule has 0 radical (unpaired) electrons. The van der Waals surface area contributed by atoms with Gasteiger partial charge >= 0.3 is 0 Å². The SMILES string of the molecule is CNCc1nc(N(C)C)n2ccccc12. The van der Waals surface area contributed by atoms with E-state index in [9.17, 15) is 0 Å². The van der Waals surface area contributed by atoms with E-state index >= 15 is 0 Å². The average molecular weight is 204 g/mol. The van der Waals surface area contributed by atoms with Crippen molar-refractivity contribution in [2.45, 2.75) is 6.54 Å². The van der Waals surface area contributed by atoms with Crippen molar-refractivity contribution < 1.29 is 0 Å². The zero-order chi connectivity index (χ0) is 10.8. The molecule has 2 aromatic heterocycles. The maximum atomic E-state index is 4.60. The van der Waals surface area contributed by atoms with Crippen molar-refractivity contribution in [2.75, 3.05) is 26.0 Å². The first-order valence-corrected chi connectivity index (χ1v) is 5.02. The van der Waals surface area contributed by atoms with Crippen LogP contribution < -0.4 is 10.2 Å². The molecule has 0 aliphatic carbocycles. The van der Waals surface area contributed by atoms with E-state index in [1.165, 1.54) is 0 Å². The van der Waals surface area contributed by atoms with Crippen molar-refractivity contribution in [1.29, 1.82) is 0 Å². The monoisotopic (exact) mass is 204 g/mol. The Kier molecular flexibility index (Phi) is 2.60. The van der Waals surface area contributed by atoms with Crippen LogP contribution in [0.4, 0.5) is 5.95 Å². The Morgan fingerprint density at radius 2 is 2.20 bits per heavy atom. The minimum Gasteiger partial charge on any atom is -0.348 e. The summed E-state index contributed by atoms with van der Waals surface area (Å²) in [6, 6.07) is 6.15. The number of fused-ring (bicyclic) bond motifs is 1. The lowest BCUT2D eigenvalue weighted by molar-refractivity contribution is 0.801. The molecule has 1 N–H and O–H groups in total. The van der Waals surface area contributed by atoms with Gasteiger partial charge in [-0.15, -0.1) is 0 Å². The van der Waals surface area contributed by atoms with E-state index in [4.69, 9.17) is 0 Å². The van der Waals surface area contributed by atoms with Gasteiger partial charge in [-0.2, -0.15) is 0 Å². The zero-order valence-electron chi connectivity index (χ0n) is 9.36. The minimum absolute atomic E-state index is 0.793. The number of hydrogen-bond acceptors (Lipinski definition) is 3. The topological polar surface area (TPSA) is 32.6 Å². The highest BCUT2D eigenvalue weighted by Crippen LogP contribution is 2.18. The first-order valence-electron chi connectivity index (χ1n) is 5.02. The third kappa shape index (κ3) is 1.68. The maximum absolute atomic E-state index is 4.60. The van der Waals surface area contributed by atoms with Gasteiger partial charge in [0.05, 0.1) is 11.2 Å². The average Bonchev–Trinajstić information content (AvgIpc) is 2.59. The Labute approximate surface area is 89.5 Å². The van der Waals surface area contributed by atoms with E-state index in [0.717, 1.165) is 23.7 Å². The molecule has 0 aliphatic rings. The molecule has 0 aromatic carbocycles. The highest BCUT2D eigenvalue weighted by molar-refractivity contribution is 5.58. The van der Waals surface area contributed by atoms with E-state index < -0.39 is 0 Å². The van der Waals surface area contributed by atoms with Crippen LogP contribution in [0.3, 0.4) is 0 Å². The quantitative estimate of drug-likeness (QED) is 0.813. The molecule has 2 rings (SSSR count). The summed E-state index contributed by atoms with van der Waals surface area (Å²) in [5.41, 5.74) is 2.25. The lowest BCUT2D eigenvalue weighted by atomic mass is 10.3. The molecule has 0 saturated carbocycles. The van der Waals surface area contributed by atoms with Crippen molar-refractivity contribution in [3.63, 3.8) is 0 Å². The Balaban J connectivity index is 2.62. The molecule has 0 saturated heterocycles. The van der Waals surface area contributed by atoms with Gasteiger partial charge in [-0.3, -0.25) is 4.40 Å². The molecule has 4 nitrogen and oxygen atoms in total. The molecule has 15 heavy (non-hydrogen) atoms. The van der Waals surface area contributed by atoms with Gasteiger partial charge in [-0.1, -0.05) is 6.07 Å². The number of nitrogens with zero attached hydrogens (tertiary/aromatic N) is 3. The second-order valence-electron chi connectivity index (χ2n) is 3.74. The van der Waals surface area contributed by atoms with E-state index in [-0.39, 0.29) is 0 Å². The molecule has 4 heteroatoms. The van der Waals surface area contributed by atoms with Gasteiger partial charge in [0.15, 0.2) is 0 Å². The molecule has 0 bridgehead atoms. The fraction of sp³-hybridized carbons (Fsp3) is 0.364. The third-order valence-corrected chi connectivity index (χ3v) is 2.35. The number of anilines is 1. The van der Waals surface area contributed by atoms with E-state index in [2.05, 4.69) is 20.8 Å². The number of hydrogen-bond donors (Lipinski definition) is 1. The molecule has 80 valence electrons. The minimum atomic E-state index is 0.793. The van der Waals surface area contributed by atoms with Gasteiger partial charge in [0.2, 0.25) is 5.95 Å². The summed E-state index contributed by atoms with van der Waals surface area (Å²) >= 11 is 0. The van der Waals surface area contributed by atoms with Crippen LogP contribution in [-0.4, -0.2) is 30.5 Å². The van der Waals surface area contributed by atoms with Crippen LogP contribution >= 0.6 is 0 Å². The Bertz CT molecular complexity index is 459. The summed E-state index contributed by atoms with van der Waals surface area (Å²) in [5.74, 6) is 0.968.